The van der Waals surface area contributed by atoms with E-state index in [1.807, 2.05) is 0 Å². The number of hydrogen-bond donors (Lipinski definition) is 2. The number of halogens is 2. The number of aromatic nitrogens is 1. The van der Waals surface area contributed by atoms with E-state index in [-0.39, 0.29) is 5.91 Å². The third kappa shape index (κ3) is 4.16. The first-order valence-corrected chi connectivity index (χ1v) is 9.38. The minimum Gasteiger partial charge on any atom is -0.330 e. The van der Waals surface area contributed by atoms with Gasteiger partial charge in [0.15, 0.2) is 5.13 Å². The van der Waals surface area contributed by atoms with Crippen molar-refractivity contribution < 1.29 is 9.69 Å². The van der Waals surface area contributed by atoms with Gasteiger partial charge in [-0.05, 0) is 30.7 Å². The topological polar surface area (TPSA) is 46.4 Å². The Morgan fingerprint density at radius 1 is 1.46 bits per heavy atom. The van der Waals surface area contributed by atoms with Crippen LogP contribution in [0, 0.1) is 0 Å². The van der Waals surface area contributed by atoms with Gasteiger partial charge in [-0.2, -0.15) is 0 Å². The van der Waals surface area contributed by atoms with Crippen molar-refractivity contribution in [3.8, 4) is 0 Å². The molecule has 0 saturated heterocycles. The molecule has 1 aromatic carbocycles. The van der Waals surface area contributed by atoms with Crippen LogP contribution in [0.25, 0.3) is 6.08 Å². The number of anilines is 1. The maximum absolute atomic E-state index is 12.1. The van der Waals surface area contributed by atoms with E-state index in [1.54, 1.807) is 40.5 Å². The van der Waals surface area contributed by atoms with E-state index in [4.69, 9.17) is 23.2 Å². The summed E-state index contributed by atoms with van der Waals surface area (Å²) in [5.41, 5.74) is 1.87. The van der Waals surface area contributed by atoms with Crippen molar-refractivity contribution >= 4 is 51.7 Å². The van der Waals surface area contributed by atoms with Gasteiger partial charge in [0.1, 0.15) is 6.54 Å². The summed E-state index contributed by atoms with van der Waals surface area (Å²) in [6.45, 7) is 5.41. The fraction of sp³-hybridized carbons (Fsp3) is 0.294. The van der Waals surface area contributed by atoms with Gasteiger partial charge in [-0.15, -0.1) is 0 Å². The lowest BCUT2D eigenvalue weighted by Crippen LogP contribution is -3.11. The number of likely N-dealkylation sites (N-methyl/N-ethyl adjacent to an activating group) is 1. The van der Waals surface area contributed by atoms with Crippen LogP contribution in [-0.2, 0) is 17.8 Å². The van der Waals surface area contributed by atoms with Gasteiger partial charge in [-0.3, -0.25) is 10.1 Å². The maximum atomic E-state index is 12.1. The van der Waals surface area contributed by atoms with Crippen LogP contribution in [0.15, 0.2) is 24.3 Å². The van der Waals surface area contributed by atoms with E-state index in [0.717, 1.165) is 37.3 Å². The zero-order valence-electron chi connectivity index (χ0n) is 13.2. The molecule has 0 saturated carbocycles. The summed E-state index contributed by atoms with van der Waals surface area (Å²) in [4.78, 5) is 19.5. The molecule has 2 N–H and O–H groups in total. The Balaban J connectivity index is 1.65. The normalized spacial score (nSPS) is 17.0. The molecule has 0 spiro atoms. The predicted molar refractivity (Wildman–Crippen MR) is 100 cm³/mol. The number of nitrogens with zero attached hydrogens (tertiary/aromatic N) is 1. The summed E-state index contributed by atoms with van der Waals surface area (Å²) in [6, 6.07) is 5.16. The second-order valence-corrected chi connectivity index (χ2v) is 7.58. The minimum absolute atomic E-state index is 0.216. The Kier molecular flexibility index (Phi) is 5.56. The number of rotatable bonds is 4. The molecule has 2 heterocycles. The fourth-order valence-electron chi connectivity index (χ4n) is 2.63. The molecule has 1 unspecified atom stereocenters. The van der Waals surface area contributed by atoms with E-state index in [9.17, 15) is 4.79 Å². The van der Waals surface area contributed by atoms with Crippen LogP contribution < -0.4 is 10.2 Å². The van der Waals surface area contributed by atoms with Crippen molar-refractivity contribution in [1.29, 1.82) is 0 Å². The summed E-state index contributed by atoms with van der Waals surface area (Å²) < 4.78 is 0. The molecule has 7 heteroatoms. The van der Waals surface area contributed by atoms with Crippen LogP contribution in [-0.4, -0.2) is 24.0 Å². The van der Waals surface area contributed by atoms with Crippen molar-refractivity contribution in [3.63, 3.8) is 0 Å². The zero-order chi connectivity index (χ0) is 17.1. The number of nitrogens with one attached hydrogen (secondary N) is 2. The largest absolute Gasteiger partial charge is 0.330 e. The van der Waals surface area contributed by atoms with Crippen molar-refractivity contribution in [1.82, 2.24) is 4.98 Å². The molecule has 126 valence electrons. The summed E-state index contributed by atoms with van der Waals surface area (Å²) in [5.74, 6) is -0.216. The van der Waals surface area contributed by atoms with E-state index in [2.05, 4.69) is 17.2 Å². The molecule has 2 aromatic rings. The third-order valence-electron chi connectivity index (χ3n) is 4.01. The molecule has 4 nitrogen and oxygen atoms in total. The summed E-state index contributed by atoms with van der Waals surface area (Å²) in [6.07, 6.45) is 4.10. The molecule has 1 amide bonds. The van der Waals surface area contributed by atoms with Gasteiger partial charge in [0, 0.05) is 22.5 Å². The number of carbonyl (C=O) groups excluding carboxylic acids is 1. The summed E-state index contributed by atoms with van der Waals surface area (Å²) >= 11 is 13.5. The zero-order valence-corrected chi connectivity index (χ0v) is 15.6. The van der Waals surface area contributed by atoms with Crippen LogP contribution in [0.1, 0.15) is 23.1 Å². The third-order valence-corrected chi connectivity index (χ3v) is 5.59. The number of amides is 1. The second kappa shape index (κ2) is 7.66. The molecule has 24 heavy (non-hydrogen) atoms. The average molecular weight is 383 g/mol. The monoisotopic (exact) mass is 382 g/mol. The van der Waals surface area contributed by atoms with Crippen LogP contribution >= 0.6 is 34.5 Å². The standard InChI is InChI=1S/C17H17Cl2N3OS/c1-2-22-8-7-14-15(10-22)24-17(20-14)21-16(23)6-4-11-3-5-12(18)9-13(11)19/h3-6,9H,2,7-8,10H2,1H3,(H,20,21,23)/p+1/b6-4+. The highest BCUT2D eigenvalue weighted by molar-refractivity contribution is 7.15. The average Bonchev–Trinajstić information content (AvgIpc) is 2.95. The van der Waals surface area contributed by atoms with Crippen LogP contribution in [0.4, 0.5) is 5.13 Å². The van der Waals surface area contributed by atoms with E-state index in [0.29, 0.717) is 15.2 Å². The number of fused-ring (bicyclic) bond motifs is 1. The molecule has 1 aliphatic heterocycles. The molecule has 0 radical (unpaired) electrons. The number of hydrogen-bond acceptors (Lipinski definition) is 3. The van der Waals surface area contributed by atoms with Crippen LogP contribution in [0.5, 0.6) is 0 Å². The molecule has 3 rings (SSSR count). The highest BCUT2D eigenvalue weighted by Crippen LogP contribution is 2.25. The number of benzene rings is 1. The van der Waals surface area contributed by atoms with Gasteiger partial charge in [-0.25, -0.2) is 4.98 Å². The first-order valence-electron chi connectivity index (χ1n) is 7.81. The maximum Gasteiger partial charge on any atom is 0.250 e. The van der Waals surface area contributed by atoms with Crippen molar-refractivity contribution in [2.45, 2.75) is 19.9 Å². The lowest BCUT2D eigenvalue weighted by atomic mass is 10.2. The van der Waals surface area contributed by atoms with Gasteiger partial charge in [-0.1, -0.05) is 40.6 Å². The highest BCUT2D eigenvalue weighted by Gasteiger charge is 2.22. The van der Waals surface area contributed by atoms with Gasteiger partial charge >= 0.3 is 0 Å². The van der Waals surface area contributed by atoms with Gasteiger partial charge in [0.2, 0.25) is 5.91 Å². The minimum atomic E-state index is -0.216. The van der Waals surface area contributed by atoms with E-state index < -0.39 is 0 Å². The van der Waals surface area contributed by atoms with Crippen LogP contribution in [0.2, 0.25) is 10.0 Å². The van der Waals surface area contributed by atoms with Crippen molar-refractivity contribution in [2.75, 3.05) is 18.4 Å². The second-order valence-electron chi connectivity index (χ2n) is 5.66. The highest BCUT2D eigenvalue weighted by atomic mass is 35.5. The Labute approximate surface area is 155 Å². The molecule has 1 aromatic heterocycles. The Morgan fingerprint density at radius 3 is 3.04 bits per heavy atom. The molecule has 1 atom stereocenters. The van der Waals surface area contributed by atoms with Crippen molar-refractivity contribution in [3.05, 3.63) is 50.5 Å². The van der Waals surface area contributed by atoms with Crippen molar-refractivity contribution in [2.24, 2.45) is 0 Å². The number of carbonyl (C=O) groups is 1. The van der Waals surface area contributed by atoms with E-state index >= 15 is 0 Å². The lowest BCUT2D eigenvalue weighted by Gasteiger charge is -2.20. The van der Waals surface area contributed by atoms with Gasteiger partial charge in [0.05, 0.1) is 23.7 Å². The van der Waals surface area contributed by atoms with Gasteiger partial charge in [0.25, 0.3) is 0 Å². The summed E-state index contributed by atoms with van der Waals surface area (Å²) in [5, 5.41) is 4.58. The molecule has 0 fully saturated rings. The van der Waals surface area contributed by atoms with E-state index in [1.165, 1.54) is 11.0 Å². The SMILES string of the molecule is CC[NH+]1CCc2nc(NC(=O)/C=C/c3ccc(Cl)cc3Cl)sc2C1. The first-order chi connectivity index (χ1) is 11.5. The van der Waals surface area contributed by atoms with Gasteiger partial charge < -0.3 is 4.90 Å². The quantitative estimate of drug-likeness (QED) is 0.798. The fourth-order valence-corrected chi connectivity index (χ4v) is 4.19. The molecular formula is C17H18Cl2N3OS+. The number of thiazole rings is 1. The molecule has 0 aliphatic carbocycles. The molecule has 0 bridgehead atoms. The summed E-state index contributed by atoms with van der Waals surface area (Å²) in [7, 11) is 0. The lowest BCUT2D eigenvalue weighted by molar-refractivity contribution is -0.913. The Bertz CT molecular complexity index is 788. The first kappa shape index (κ1) is 17.4. The van der Waals surface area contributed by atoms with Crippen LogP contribution in [0.3, 0.4) is 0 Å². The molecule has 1 aliphatic rings. The Morgan fingerprint density at radius 2 is 2.29 bits per heavy atom. The Hall–Kier alpha value is -1.40. The number of quaternary nitrogens is 1. The molecular weight excluding hydrogens is 365 g/mol. The predicted octanol–water partition coefficient (Wildman–Crippen LogP) is 3.06. The smallest absolute Gasteiger partial charge is 0.250 e.